The van der Waals surface area contributed by atoms with Crippen LogP contribution in [-0.2, 0) is 0 Å². The summed E-state index contributed by atoms with van der Waals surface area (Å²) >= 11 is 10.0. The maximum atomic E-state index is 9.27. The summed E-state index contributed by atoms with van der Waals surface area (Å²) < 4.78 is 6.81. The Morgan fingerprint density at radius 1 is 1.50 bits per heavy atom. The molecule has 3 rings (SSSR count). The standard InChI is InChI=1S/C15H10BrN3OS2/c1-18-14(21)10(6-17)15-19-11(7-22-15)13-5-8-4-9(16)2-3-12(8)20-13/h2-5,7,10H,1H3,(H,18,21). The predicted molar refractivity (Wildman–Crippen MR) is 95.0 cm³/mol. The lowest BCUT2D eigenvalue weighted by atomic mass is 10.2. The molecule has 0 aliphatic rings. The minimum Gasteiger partial charge on any atom is -0.454 e. The number of rotatable bonds is 3. The number of hydrogen-bond acceptors (Lipinski definition) is 5. The van der Waals surface area contributed by atoms with Gasteiger partial charge in [0.2, 0.25) is 0 Å². The number of nitrogens with zero attached hydrogens (tertiary/aromatic N) is 2. The van der Waals surface area contributed by atoms with Crippen molar-refractivity contribution in [2.24, 2.45) is 0 Å². The minimum absolute atomic E-state index is 0.469. The monoisotopic (exact) mass is 391 g/mol. The molecule has 0 radical (unpaired) electrons. The Hall–Kier alpha value is -1.75. The first-order chi connectivity index (χ1) is 10.6. The fraction of sp³-hybridized carbons (Fsp3) is 0.133. The zero-order chi connectivity index (χ0) is 15.7. The van der Waals surface area contributed by atoms with Crippen LogP contribution >= 0.6 is 39.5 Å². The van der Waals surface area contributed by atoms with Crippen LogP contribution in [0.15, 0.2) is 38.5 Å². The molecule has 0 fully saturated rings. The van der Waals surface area contributed by atoms with E-state index in [9.17, 15) is 5.26 Å². The lowest BCUT2D eigenvalue weighted by molar-refractivity contribution is 0.629. The third-order valence-corrected chi connectivity index (χ3v) is 4.98. The molecule has 0 aliphatic carbocycles. The first kappa shape index (κ1) is 15.2. The molecule has 4 nitrogen and oxygen atoms in total. The van der Waals surface area contributed by atoms with Gasteiger partial charge < -0.3 is 9.73 Å². The number of halogens is 1. The van der Waals surface area contributed by atoms with Crippen LogP contribution < -0.4 is 5.32 Å². The number of aromatic nitrogens is 1. The fourth-order valence-electron chi connectivity index (χ4n) is 2.04. The molecule has 22 heavy (non-hydrogen) atoms. The Labute approximate surface area is 144 Å². The number of likely N-dealkylation sites (N-methyl/N-ethyl adjacent to an activating group) is 1. The number of furan rings is 1. The summed E-state index contributed by atoms with van der Waals surface area (Å²) in [7, 11) is 1.71. The molecule has 0 spiro atoms. The highest BCUT2D eigenvalue weighted by atomic mass is 79.9. The zero-order valence-corrected chi connectivity index (χ0v) is 14.7. The van der Waals surface area contributed by atoms with Crippen LogP contribution in [0.5, 0.6) is 0 Å². The first-order valence-electron chi connectivity index (χ1n) is 6.38. The van der Waals surface area contributed by atoms with E-state index in [-0.39, 0.29) is 0 Å². The van der Waals surface area contributed by atoms with E-state index in [1.54, 1.807) is 7.05 Å². The summed E-state index contributed by atoms with van der Waals surface area (Å²) in [6.07, 6.45) is 0. The van der Waals surface area contributed by atoms with Crippen molar-refractivity contribution >= 4 is 55.4 Å². The highest BCUT2D eigenvalue weighted by Crippen LogP contribution is 2.32. The summed E-state index contributed by atoms with van der Waals surface area (Å²) in [5.41, 5.74) is 1.52. The van der Waals surface area contributed by atoms with E-state index in [1.807, 2.05) is 29.6 Å². The molecule has 2 aromatic heterocycles. The number of nitriles is 1. The summed E-state index contributed by atoms with van der Waals surface area (Å²) in [5.74, 6) is 0.153. The lowest BCUT2D eigenvalue weighted by Gasteiger charge is -2.05. The van der Waals surface area contributed by atoms with Gasteiger partial charge in [-0.3, -0.25) is 0 Å². The number of benzene rings is 1. The average Bonchev–Trinajstić information content (AvgIpc) is 3.13. The quantitative estimate of drug-likeness (QED) is 0.667. The SMILES string of the molecule is CNC(=S)C(C#N)c1nc(-c2cc3cc(Br)ccc3o2)cs1. The van der Waals surface area contributed by atoms with E-state index in [4.69, 9.17) is 16.6 Å². The largest absolute Gasteiger partial charge is 0.454 e. The van der Waals surface area contributed by atoms with Crippen molar-refractivity contribution in [2.45, 2.75) is 5.92 Å². The van der Waals surface area contributed by atoms with Gasteiger partial charge >= 0.3 is 0 Å². The van der Waals surface area contributed by atoms with E-state index in [0.717, 1.165) is 15.4 Å². The fourth-order valence-corrected chi connectivity index (χ4v) is 3.52. The minimum atomic E-state index is -0.530. The number of fused-ring (bicyclic) bond motifs is 1. The zero-order valence-electron chi connectivity index (χ0n) is 11.5. The Morgan fingerprint density at radius 2 is 2.32 bits per heavy atom. The van der Waals surface area contributed by atoms with Crippen LogP contribution in [0.4, 0.5) is 0 Å². The molecule has 0 saturated carbocycles. The van der Waals surface area contributed by atoms with Gasteiger partial charge in [-0.05, 0) is 24.3 Å². The normalized spacial score (nSPS) is 12.0. The molecule has 0 aliphatic heterocycles. The van der Waals surface area contributed by atoms with Gasteiger partial charge in [-0.25, -0.2) is 4.98 Å². The molecule has 0 saturated heterocycles. The van der Waals surface area contributed by atoms with Crippen molar-refractivity contribution in [2.75, 3.05) is 7.05 Å². The molecule has 1 aromatic carbocycles. The molecule has 1 atom stereocenters. The van der Waals surface area contributed by atoms with Gasteiger partial charge in [0, 0.05) is 22.3 Å². The smallest absolute Gasteiger partial charge is 0.154 e. The maximum Gasteiger partial charge on any atom is 0.154 e. The molecule has 1 unspecified atom stereocenters. The molecular weight excluding hydrogens is 382 g/mol. The second kappa shape index (κ2) is 6.16. The van der Waals surface area contributed by atoms with Gasteiger partial charge in [-0.1, -0.05) is 28.1 Å². The molecule has 1 N–H and O–H groups in total. The van der Waals surface area contributed by atoms with Crippen LogP contribution in [-0.4, -0.2) is 17.0 Å². The van der Waals surface area contributed by atoms with E-state index in [0.29, 0.717) is 21.5 Å². The highest BCUT2D eigenvalue weighted by molar-refractivity contribution is 9.10. The van der Waals surface area contributed by atoms with Crippen molar-refractivity contribution < 1.29 is 4.42 Å². The Balaban J connectivity index is 1.98. The van der Waals surface area contributed by atoms with Crippen molar-refractivity contribution in [1.29, 1.82) is 5.26 Å². The maximum absolute atomic E-state index is 9.27. The molecule has 0 bridgehead atoms. The lowest BCUT2D eigenvalue weighted by Crippen LogP contribution is -2.22. The van der Waals surface area contributed by atoms with Crippen molar-refractivity contribution in [3.8, 4) is 17.5 Å². The Morgan fingerprint density at radius 3 is 3.05 bits per heavy atom. The first-order valence-corrected chi connectivity index (χ1v) is 8.46. The molecule has 110 valence electrons. The second-order valence-corrected chi connectivity index (χ2v) is 6.79. The van der Waals surface area contributed by atoms with Gasteiger partial charge in [-0.15, -0.1) is 11.3 Å². The average molecular weight is 392 g/mol. The van der Waals surface area contributed by atoms with Crippen LogP contribution in [0, 0.1) is 11.3 Å². The summed E-state index contributed by atoms with van der Waals surface area (Å²) in [4.78, 5) is 4.97. The molecule has 3 aromatic rings. The third-order valence-electron chi connectivity index (χ3n) is 3.14. The van der Waals surface area contributed by atoms with Crippen LogP contribution in [0.2, 0.25) is 0 Å². The third kappa shape index (κ3) is 2.77. The summed E-state index contributed by atoms with van der Waals surface area (Å²) in [5, 5.41) is 15.7. The Bertz CT molecular complexity index is 894. The van der Waals surface area contributed by atoms with Crippen molar-refractivity contribution in [3.63, 3.8) is 0 Å². The van der Waals surface area contributed by atoms with Gasteiger partial charge in [0.15, 0.2) is 5.76 Å². The summed E-state index contributed by atoms with van der Waals surface area (Å²) in [6.45, 7) is 0. The topological polar surface area (TPSA) is 61.9 Å². The predicted octanol–water partition coefficient (Wildman–Crippen LogP) is 4.47. The Kier molecular flexibility index (Phi) is 4.25. The van der Waals surface area contributed by atoms with E-state index < -0.39 is 5.92 Å². The number of thiocarbonyl (C=S) groups is 1. The van der Waals surface area contributed by atoms with Gasteiger partial charge in [0.1, 0.15) is 22.2 Å². The van der Waals surface area contributed by atoms with Gasteiger partial charge in [0.25, 0.3) is 0 Å². The molecule has 0 amide bonds. The van der Waals surface area contributed by atoms with Crippen LogP contribution in [0.3, 0.4) is 0 Å². The van der Waals surface area contributed by atoms with E-state index in [2.05, 4.69) is 32.3 Å². The van der Waals surface area contributed by atoms with Gasteiger partial charge in [0.05, 0.1) is 11.1 Å². The number of thiazole rings is 1. The van der Waals surface area contributed by atoms with Gasteiger partial charge in [-0.2, -0.15) is 5.26 Å². The van der Waals surface area contributed by atoms with Crippen molar-refractivity contribution in [1.82, 2.24) is 10.3 Å². The number of nitrogens with one attached hydrogen (secondary N) is 1. The van der Waals surface area contributed by atoms with Crippen LogP contribution in [0.25, 0.3) is 22.4 Å². The molecule has 7 heteroatoms. The highest BCUT2D eigenvalue weighted by Gasteiger charge is 2.20. The second-order valence-electron chi connectivity index (χ2n) is 4.54. The summed E-state index contributed by atoms with van der Waals surface area (Å²) in [6, 6.07) is 9.94. The van der Waals surface area contributed by atoms with E-state index in [1.165, 1.54) is 11.3 Å². The molecule has 2 heterocycles. The molecular formula is C15H10BrN3OS2. The van der Waals surface area contributed by atoms with E-state index >= 15 is 0 Å². The number of hydrogen-bond donors (Lipinski definition) is 1. The van der Waals surface area contributed by atoms with Crippen LogP contribution in [0.1, 0.15) is 10.9 Å². The van der Waals surface area contributed by atoms with Crippen molar-refractivity contribution in [3.05, 3.63) is 39.1 Å².